The van der Waals surface area contributed by atoms with Gasteiger partial charge in [-0.05, 0) is 43.1 Å². The normalized spacial score (nSPS) is 30.3. The monoisotopic (exact) mass is 263 g/mol. The van der Waals surface area contributed by atoms with E-state index in [2.05, 4.69) is 44.0 Å². The second kappa shape index (κ2) is 5.07. The van der Waals surface area contributed by atoms with Crippen LogP contribution in [-0.4, -0.2) is 36.6 Å². The van der Waals surface area contributed by atoms with E-state index in [0.717, 1.165) is 45.4 Å². The summed E-state index contributed by atoms with van der Waals surface area (Å²) in [7, 11) is 0. The molecular formula is C16H29N3. The Kier molecular flexibility index (Phi) is 3.95. The third-order valence-corrected chi connectivity index (χ3v) is 4.65. The fraction of sp³-hybridized carbons (Fsp3) is 0.938. The minimum atomic E-state index is -0.253. The summed E-state index contributed by atoms with van der Waals surface area (Å²) in [6.45, 7) is 13.5. The van der Waals surface area contributed by atoms with Gasteiger partial charge >= 0.3 is 0 Å². The molecule has 0 radical (unpaired) electrons. The molecule has 0 aromatic carbocycles. The predicted molar refractivity (Wildman–Crippen MR) is 78.8 cm³/mol. The Morgan fingerprint density at radius 2 is 1.58 bits per heavy atom. The van der Waals surface area contributed by atoms with Crippen LogP contribution in [0.2, 0.25) is 0 Å². The molecule has 0 aromatic rings. The summed E-state index contributed by atoms with van der Waals surface area (Å²) in [5, 5.41) is 13.4. The van der Waals surface area contributed by atoms with Gasteiger partial charge in [-0.25, -0.2) is 0 Å². The maximum Gasteiger partial charge on any atom is 0.110 e. The molecule has 0 bridgehead atoms. The van der Waals surface area contributed by atoms with Crippen LogP contribution >= 0.6 is 0 Å². The fourth-order valence-electron chi connectivity index (χ4n) is 4.71. The van der Waals surface area contributed by atoms with Crippen LogP contribution in [0, 0.1) is 22.2 Å². The van der Waals surface area contributed by atoms with Gasteiger partial charge in [-0.15, -0.1) is 0 Å². The van der Waals surface area contributed by atoms with Gasteiger partial charge in [0.05, 0.1) is 6.07 Å². The number of hydrogen-bond acceptors (Lipinski definition) is 3. The fourth-order valence-corrected chi connectivity index (χ4v) is 4.71. The van der Waals surface area contributed by atoms with Crippen LogP contribution in [0.5, 0.6) is 0 Å². The van der Waals surface area contributed by atoms with Crippen molar-refractivity contribution < 1.29 is 0 Å². The molecular weight excluding hydrogens is 234 g/mol. The predicted octanol–water partition coefficient (Wildman–Crippen LogP) is 2.78. The molecule has 0 atom stereocenters. The molecule has 1 heterocycles. The van der Waals surface area contributed by atoms with Crippen molar-refractivity contribution in [3.05, 3.63) is 0 Å². The van der Waals surface area contributed by atoms with E-state index in [1.807, 2.05) is 0 Å². The van der Waals surface area contributed by atoms with E-state index in [4.69, 9.17) is 0 Å². The number of nitriles is 1. The van der Waals surface area contributed by atoms with Crippen molar-refractivity contribution in [1.29, 1.82) is 5.26 Å². The van der Waals surface area contributed by atoms with Crippen LogP contribution in [0.1, 0.15) is 53.4 Å². The molecule has 1 saturated carbocycles. The Balaban J connectivity index is 2.27. The molecule has 0 aromatic heterocycles. The number of rotatable bonds is 1. The quantitative estimate of drug-likeness (QED) is 0.790. The van der Waals surface area contributed by atoms with E-state index in [-0.39, 0.29) is 16.4 Å². The zero-order chi connectivity index (χ0) is 14.1. The van der Waals surface area contributed by atoms with Crippen molar-refractivity contribution in [1.82, 2.24) is 10.2 Å². The molecule has 19 heavy (non-hydrogen) atoms. The molecule has 0 spiro atoms. The smallest absolute Gasteiger partial charge is 0.110 e. The standard InChI is InChI=1S/C16H29N3/c1-14(2)10-15(3,4)12-16(11-14,13-17)19-8-5-6-18-7-9-19/h18H,5-12H2,1-4H3. The lowest BCUT2D eigenvalue weighted by Gasteiger charge is -2.53. The molecule has 3 nitrogen and oxygen atoms in total. The van der Waals surface area contributed by atoms with E-state index in [9.17, 15) is 5.26 Å². The molecule has 2 aliphatic rings. The van der Waals surface area contributed by atoms with Crippen LogP contribution in [0.25, 0.3) is 0 Å². The van der Waals surface area contributed by atoms with Gasteiger partial charge in [-0.2, -0.15) is 5.26 Å². The maximum atomic E-state index is 9.94. The SMILES string of the molecule is CC1(C)CC(C)(C)CC(C#N)(N2CCCNCC2)C1. The maximum absolute atomic E-state index is 9.94. The van der Waals surface area contributed by atoms with Gasteiger partial charge in [-0.3, -0.25) is 4.90 Å². The summed E-state index contributed by atoms with van der Waals surface area (Å²) in [4.78, 5) is 2.47. The zero-order valence-corrected chi connectivity index (χ0v) is 13.1. The van der Waals surface area contributed by atoms with Gasteiger partial charge in [0, 0.05) is 19.6 Å². The number of nitrogens with zero attached hydrogens (tertiary/aromatic N) is 2. The first-order valence-electron chi connectivity index (χ1n) is 7.66. The van der Waals surface area contributed by atoms with Gasteiger partial charge in [-0.1, -0.05) is 27.7 Å². The van der Waals surface area contributed by atoms with Crippen LogP contribution in [0.15, 0.2) is 0 Å². The van der Waals surface area contributed by atoms with E-state index >= 15 is 0 Å². The van der Waals surface area contributed by atoms with Crippen molar-refractivity contribution in [2.75, 3.05) is 26.2 Å². The first kappa shape index (κ1) is 14.8. The second-order valence-electron chi connectivity index (χ2n) is 8.09. The third-order valence-electron chi connectivity index (χ3n) is 4.65. The molecule has 0 amide bonds. The lowest BCUT2D eigenvalue weighted by molar-refractivity contribution is -0.0132. The first-order valence-corrected chi connectivity index (χ1v) is 7.66. The van der Waals surface area contributed by atoms with Crippen molar-refractivity contribution in [2.24, 2.45) is 10.8 Å². The highest BCUT2D eigenvalue weighted by molar-refractivity contribution is 5.15. The van der Waals surface area contributed by atoms with Gasteiger partial charge < -0.3 is 5.32 Å². The lowest BCUT2D eigenvalue weighted by Crippen LogP contribution is -2.56. The summed E-state index contributed by atoms with van der Waals surface area (Å²) in [6, 6.07) is 2.72. The second-order valence-corrected chi connectivity index (χ2v) is 8.09. The Morgan fingerprint density at radius 1 is 0.947 bits per heavy atom. The summed E-state index contributed by atoms with van der Waals surface area (Å²) < 4.78 is 0. The zero-order valence-electron chi connectivity index (χ0n) is 13.1. The Labute approximate surface area is 118 Å². The van der Waals surface area contributed by atoms with Crippen molar-refractivity contribution in [3.63, 3.8) is 0 Å². The molecule has 1 N–H and O–H groups in total. The first-order chi connectivity index (χ1) is 8.79. The third kappa shape index (κ3) is 3.30. The molecule has 1 saturated heterocycles. The minimum Gasteiger partial charge on any atom is -0.315 e. The Bertz CT molecular complexity index is 341. The minimum absolute atomic E-state index is 0.253. The summed E-state index contributed by atoms with van der Waals surface area (Å²) in [5.74, 6) is 0. The van der Waals surface area contributed by atoms with Crippen molar-refractivity contribution in [2.45, 2.75) is 58.9 Å². The van der Waals surface area contributed by atoms with Gasteiger partial charge in [0.1, 0.15) is 5.54 Å². The van der Waals surface area contributed by atoms with Crippen molar-refractivity contribution in [3.8, 4) is 6.07 Å². The molecule has 3 heteroatoms. The van der Waals surface area contributed by atoms with Crippen LogP contribution in [-0.2, 0) is 0 Å². The highest BCUT2D eigenvalue weighted by atomic mass is 15.2. The average Bonchev–Trinajstić information content (AvgIpc) is 2.53. The molecule has 108 valence electrons. The van der Waals surface area contributed by atoms with Crippen LogP contribution in [0.4, 0.5) is 0 Å². The van der Waals surface area contributed by atoms with E-state index in [0.29, 0.717) is 0 Å². The summed E-state index contributed by atoms with van der Waals surface area (Å²) >= 11 is 0. The topological polar surface area (TPSA) is 39.1 Å². The highest BCUT2D eigenvalue weighted by Gasteiger charge is 2.50. The largest absolute Gasteiger partial charge is 0.315 e. The summed E-state index contributed by atoms with van der Waals surface area (Å²) in [5.41, 5.74) is 0.270. The van der Waals surface area contributed by atoms with E-state index in [1.165, 1.54) is 6.42 Å². The Morgan fingerprint density at radius 3 is 2.16 bits per heavy atom. The molecule has 1 aliphatic heterocycles. The molecule has 2 rings (SSSR count). The summed E-state index contributed by atoms with van der Waals surface area (Å²) in [6.07, 6.45) is 4.40. The van der Waals surface area contributed by atoms with Gasteiger partial charge in [0.25, 0.3) is 0 Å². The van der Waals surface area contributed by atoms with Gasteiger partial charge in [0.15, 0.2) is 0 Å². The van der Waals surface area contributed by atoms with Crippen LogP contribution < -0.4 is 5.32 Å². The van der Waals surface area contributed by atoms with E-state index < -0.39 is 0 Å². The average molecular weight is 263 g/mol. The van der Waals surface area contributed by atoms with Crippen LogP contribution in [0.3, 0.4) is 0 Å². The lowest BCUT2D eigenvalue weighted by atomic mass is 9.58. The van der Waals surface area contributed by atoms with Gasteiger partial charge in [0.2, 0.25) is 0 Å². The van der Waals surface area contributed by atoms with Crippen molar-refractivity contribution >= 4 is 0 Å². The Hall–Kier alpha value is -0.590. The number of hydrogen-bond donors (Lipinski definition) is 1. The number of nitrogens with one attached hydrogen (secondary N) is 1. The molecule has 2 fully saturated rings. The van der Waals surface area contributed by atoms with E-state index in [1.54, 1.807) is 0 Å². The molecule has 0 unspecified atom stereocenters. The molecule has 1 aliphatic carbocycles. The highest BCUT2D eigenvalue weighted by Crippen LogP contribution is 2.52.